The van der Waals surface area contributed by atoms with Crippen LogP contribution >= 0.6 is 24.0 Å². The van der Waals surface area contributed by atoms with Gasteiger partial charge >= 0.3 is 0 Å². The SMILES string of the molecule is Cl.O=C(c1ccc(F)c(F)c1)N1CCN(c2nccn2-c2cccc(Cl)c2)CC1. The number of anilines is 1. The highest BCUT2D eigenvalue weighted by molar-refractivity contribution is 6.30. The summed E-state index contributed by atoms with van der Waals surface area (Å²) in [5.74, 6) is -1.53. The van der Waals surface area contributed by atoms with E-state index in [0.717, 1.165) is 23.8 Å². The third-order valence-corrected chi connectivity index (χ3v) is 4.96. The van der Waals surface area contributed by atoms with Crippen LogP contribution in [0.1, 0.15) is 10.4 Å². The number of rotatable bonds is 3. The first-order valence-electron chi connectivity index (χ1n) is 8.81. The van der Waals surface area contributed by atoms with Gasteiger partial charge in [0.15, 0.2) is 11.6 Å². The van der Waals surface area contributed by atoms with Crippen molar-refractivity contribution < 1.29 is 13.6 Å². The first-order chi connectivity index (χ1) is 13.5. The number of carbonyl (C=O) groups is 1. The molecule has 152 valence electrons. The van der Waals surface area contributed by atoms with E-state index in [0.29, 0.717) is 31.2 Å². The van der Waals surface area contributed by atoms with Gasteiger partial charge in [0.1, 0.15) is 0 Å². The van der Waals surface area contributed by atoms with E-state index in [1.165, 1.54) is 6.07 Å². The van der Waals surface area contributed by atoms with Crippen molar-refractivity contribution in [3.63, 3.8) is 0 Å². The molecule has 4 rings (SSSR count). The Morgan fingerprint density at radius 3 is 2.45 bits per heavy atom. The average Bonchev–Trinajstić information content (AvgIpc) is 3.19. The Labute approximate surface area is 177 Å². The number of aromatic nitrogens is 2. The number of nitrogens with zero attached hydrogens (tertiary/aromatic N) is 4. The Kier molecular flexibility index (Phi) is 6.39. The molecule has 1 aliphatic rings. The number of hydrogen-bond acceptors (Lipinski definition) is 3. The van der Waals surface area contributed by atoms with E-state index < -0.39 is 11.6 Å². The third kappa shape index (κ3) is 4.36. The summed E-state index contributed by atoms with van der Waals surface area (Å²) in [7, 11) is 0. The molecular weight excluding hydrogens is 421 g/mol. The molecule has 0 aliphatic carbocycles. The summed E-state index contributed by atoms with van der Waals surface area (Å²) in [4.78, 5) is 20.7. The third-order valence-electron chi connectivity index (χ3n) is 4.72. The van der Waals surface area contributed by atoms with Gasteiger partial charge in [-0.05, 0) is 36.4 Å². The monoisotopic (exact) mass is 438 g/mol. The maximum Gasteiger partial charge on any atom is 0.254 e. The summed E-state index contributed by atoms with van der Waals surface area (Å²) in [6.07, 6.45) is 3.58. The maximum absolute atomic E-state index is 13.4. The van der Waals surface area contributed by atoms with E-state index in [1.807, 2.05) is 35.0 Å². The minimum Gasteiger partial charge on any atom is -0.338 e. The number of imidazole rings is 1. The molecule has 0 radical (unpaired) electrons. The summed E-state index contributed by atoms with van der Waals surface area (Å²) in [5, 5.41) is 0.638. The highest BCUT2D eigenvalue weighted by Crippen LogP contribution is 2.22. The number of carbonyl (C=O) groups excluding carboxylic acids is 1. The van der Waals surface area contributed by atoms with Crippen LogP contribution in [0.5, 0.6) is 0 Å². The zero-order valence-corrected chi connectivity index (χ0v) is 16.8. The Morgan fingerprint density at radius 1 is 1.00 bits per heavy atom. The van der Waals surface area contributed by atoms with Crippen LogP contribution in [0.15, 0.2) is 54.9 Å². The molecule has 1 aromatic heterocycles. The van der Waals surface area contributed by atoms with E-state index in [-0.39, 0.29) is 23.9 Å². The zero-order chi connectivity index (χ0) is 19.7. The molecule has 1 aliphatic heterocycles. The van der Waals surface area contributed by atoms with Crippen molar-refractivity contribution in [2.24, 2.45) is 0 Å². The number of amides is 1. The molecular formula is C20H18Cl2F2N4O. The van der Waals surface area contributed by atoms with E-state index in [4.69, 9.17) is 11.6 Å². The normalized spacial score (nSPS) is 13.9. The van der Waals surface area contributed by atoms with Crippen molar-refractivity contribution >= 4 is 35.9 Å². The Balaban J connectivity index is 0.00000240. The van der Waals surface area contributed by atoms with E-state index in [9.17, 15) is 13.6 Å². The first-order valence-corrected chi connectivity index (χ1v) is 9.19. The zero-order valence-electron chi connectivity index (χ0n) is 15.3. The van der Waals surface area contributed by atoms with Crippen molar-refractivity contribution in [1.29, 1.82) is 0 Å². The highest BCUT2D eigenvalue weighted by Gasteiger charge is 2.25. The van der Waals surface area contributed by atoms with Crippen molar-refractivity contribution in [1.82, 2.24) is 14.5 Å². The van der Waals surface area contributed by atoms with Gasteiger partial charge < -0.3 is 9.80 Å². The van der Waals surface area contributed by atoms with Crippen molar-refractivity contribution in [3.8, 4) is 5.69 Å². The predicted octanol–water partition coefficient (Wildman–Crippen LogP) is 4.19. The molecule has 1 saturated heterocycles. The predicted molar refractivity (Wildman–Crippen MR) is 110 cm³/mol. The number of hydrogen-bond donors (Lipinski definition) is 0. The molecule has 0 saturated carbocycles. The van der Waals surface area contributed by atoms with Gasteiger partial charge in [0.05, 0.1) is 0 Å². The number of benzene rings is 2. The number of halogens is 4. The smallest absolute Gasteiger partial charge is 0.254 e. The van der Waals surface area contributed by atoms with E-state index >= 15 is 0 Å². The largest absolute Gasteiger partial charge is 0.338 e. The van der Waals surface area contributed by atoms with E-state index in [2.05, 4.69) is 9.88 Å². The topological polar surface area (TPSA) is 41.4 Å². The molecule has 29 heavy (non-hydrogen) atoms. The first kappa shape index (κ1) is 21.1. The standard InChI is InChI=1S/C20H17ClF2N4O.ClH/c21-15-2-1-3-16(13-15)27-7-6-24-20(27)26-10-8-25(9-11-26)19(28)14-4-5-17(22)18(23)12-14;/h1-7,12-13H,8-11H2;1H. The van der Waals surface area contributed by atoms with Gasteiger partial charge in [0.25, 0.3) is 5.91 Å². The molecule has 0 spiro atoms. The van der Waals surface area contributed by atoms with Gasteiger partial charge in [-0.25, -0.2) is 13.8 Å². The van der Waals surface area contributed by atoms with Crippen LogP contribution in [-0.2, 0) is 0 Å². The lowest BCUT2D eigenvalue weighted by atomic mass is 10.1. The molecule has 9 heteroatoms. The van der Waals surface area contributed by atoms with Crippen LogP contribution in [0.4, 0.5) is 14.7 Å². The fourth-order valence-corrected chi connectivity index (χ4v) is 3.46. The minimum absolute atomic E-state index is 0. The lowest BCUT2D eigenvalue weighted by molar-refractivity contribution is 0.0745. The van der Waals surface area contributed by atoms with Crippen LogP contribution in [0.25, 0.3) is 5.69 Å². The van der Waals surface area contributed by atoms with Gasteiger partial charge in [-0.15, -0.1) is 12.4 Å². The van der Waals surface area contributed by atoms with Crippen LogP contribution < -0.4 is 4.90 Å². The van der Waals surface area contributed by atoms with Gasteiger partial charge in [-0.3, -0.25) is 9.36 Å². The summed E-state index contributed by atoms with van der Waals surface area (Å²) < 4.78 is 28.4. The molecule has 1 fully saturated rings. The molecule has 2 heterocycles. The molecule has 1 amide bonds. The van der Waals surface area contributed by atoms with Crippen LogP contribution in [0, 0.1) is 11.6 Å². The van der Waals surface area contributed by atoms with Crippen LogP contribution in [-0.4, -0.2) is 46.5 Å². The van der Waals surface area contributed by atoms with Crippen molar-refractivity contribution in [2.75, 3.05) is 31.1 Å². The Bertz CT molecular complexity index is 1020. The molecule has 0 atom stereocenters. The average molecular weight is 439 g/mol. The van der Waals surface area contributed by atoms with E-state index in [1.54, 1.807) is 11.1 Å². The van der Waals surface area contributed by atoms with Crippen LogP contribution in [0.3, 0.4) is 0 Å². The lowest BCUT2D eigenvalue weighted by Crippen LogP contribution is -2.49. The van der Waals surface area contributed by atoms with Gasteiger partial charge in [-0.1, -0.05) is 17.7 Å². The summed E-state index contributed by atoms with van der Waals surface area (Å²) in [6, 6.07) is 10.7. The van der Waals surface area contributed by atoms with Gasteiger partial charge in [-0.2, -0.15) is 0 Å². The Hall–Kier alpha value is -2.64. The fraction of sp³-hybridized carbons (Fsp3) is 0.200. The van der Waals surface area contributed by atoms with Crippen molar-refractivity contribution in [3.05, 3.63) is 77.1 Å². The van der Waals surface area contributed by atoms with Gasteiger partial charge in [0.2, 0.25) is 5.95 Å². The molecule has 5 nitrogen and oxygen atoms in total. The minimum atomic E-state index is -1.02. The molecule has 0 N–H and O–H groups in total. The van der Waals surface area contributed by atoms with Crippen LogP contribution in [0.2, 0.25) is 5.02 Å². The van der Waals surface area contributed by atoms with Crippen molar-refractivity contribution in [2.45, 2.75) is 0 Å². The fourth-order valence-electron chi connectivity index (χ4n) is 3.28. The summed E-state index contributed by atoms with van der Waals surface area (Å²) in [6.45, 7) is 2.07. The molecule has 2 aromatic carbocycles. The second-order valence-corrected chi connectivity index (χ2v) is 6.92. The summed E-state index contributed by atoms with van der Waals surface area (Å²) >= 11 is 6.09. The number of piperazine rings is 1. The van der Waals surface area contributed by atoms with Gasteiger partial charge in [0, 0.05) is 54.8 Å². The Morgan fingerprint density at radius 2 is 1.76 bits per heavy atom. The molecule has 0 unspecified atom stereocenters. The second kappa shape index (κ2) is 8.80. The maximum atomic E-state index is 13.4. The lowest BCUT2D eigenvalue weighted by Gasteiger charge is -2.35. The summed E-state index contributed by atoms with van der Waals surface area (Å²) in [5.41, 5.74) is 1.05. The highest BCUT2D eigenvalue weighted by atomic mass is 35.5. The second-order valence-electron chi connectivity index (χ2n) is 6.49. The molecule has 0 bridgehead atoms. The molecule has 3 aromatic rings. The quantitative estimate of drug-likeness (QED) is 0.615.